The molecule has 1 aliphatic rings. The van der Waals surface area contributed by atoms with Crippen molar-refractivity contribution in [2.24, 2.45) is 0 Å². The molecule has 0 radical (unpaired) electrons. The number of hydrogen-bond acceptors (Lipinski definition) is 5. The maximum atomic E-state index is 12.6. The minimum Gasteiger partial charge on any atom is -0.480 e. The normalized spacial score (nSPS) is 17.3. The second kappa shape index (κ2) is 6.71. The third-order valence-corrected chi connectivity index (χ3v) is 4.16. The average Bonchev–Trinajstić information content (AvgIpc) is 3.11. The molecule has 1 atom stereocenters. The highest BCUT2D eigenvalue weighted by atomic mass is 16.6. The number of rotatable bonds is 4. The molecule has 2 heterocycles. The Morgan fingerprint density at radius 3 is 2.80 bits per heavy atom. The zero-order chi connectivity index (χ0) is 18.0. The van der Waals surface area contributed by atoms with Crippen molar-refractivity contribution in [2.45, 2.75) is 25.3 Å². The van der Waals surface area contributed by atoms with E-state index < -0.39 is 22.8 Å². The third-order valence-electron chi connectivity index (χ3n) is 4.16. The number of aromatic nitrogens is 2. The standard InChI is InChI=1S/C16H16N4O5/c21-15(18-8-2-1-6-14(18)16(22)23)13-7-9-19(17-13)11-4-3-5-12(10-11)20(24)25/h3-5,7,9-10,14H,1-2,6,8H2,(H,22,23). The quantitative estimate of drug-likeness (QED) is 0.668. The SMILES string of the molecule is O=C(O)C1CCCCN1C(=O)c1ccn(-c2cccc([N+](=O)[O-])c2)n1. The molecule has 3 rings (SSSR count). The molecule has 1 unspecified atom stereocenters. The number of amides is 1. The van der Waals surface area contributed by atoms with Gasteiger partial charge in [-0.25, -0.2) is 9.48 Å². The van der Waals surface area contributed by atoms with Crippen molar-refractivity contribution in [1.29, 1.82) is 0 Å². The molecule has 2 aromatic rings. The first-order valence-electron chi connectivity index (χ1n) is 7.81. The molecule has 130 valence electrons. The van der Waals surface area contributed by atoms with E-state index in [9.17, 15) is 24.8 Å². The lowest BCUT2D eigenvalue weighted by Crippen LogP contribution is -2.48. The summed E-state index contributed by atoms with van der Waals surface area (Å²) < 4.78 is 1.36. The molecule has 1 aliphatic heterocycles. The largest absolute Gasteiger partial charge is 0.480 e. The fraction of sp³-hybridized carbons (Fsp3) is 0.312. The van der Waals surface area contributed by atoms with E-state index in [1.807, 2.05) is 0 Å². The van der Waals surface area contributed by atoms with Crippen LogP contribution < -0.4 is 0 Å². The Morgan fingerprint density at radius 2 is 2.08 bits per heavy atom. The fourth-order valence-electron chi connectivity index (χ4n) is 2.91. The van der Waals surface area contributed by atoms with Crippen molar-refractivity contribution >= 4 is 17.6 Å². The van der Waals surface area contributed by atoms with Crippen LogP contribution in [-0.4, -0.2) is 49.2 Å². The van der Waals surface area contributed by atoms with Crippen LogP contribution in [0.25, 0.3) is 5.69 Å². The van der Waals surface area contributed by atoms with E-state index >= 15 is 0 Å². The molecule has 1 aromatic carbocycles. The monoisotopic (exact) mass is 344 g/mol. The van der Waals surface area contributed by atoms with Crippen LogP contribution in [-0.2, 0) is 4.79 Å². The van der Waals surface area contributed by atoms with Gasteiger partial charge in [0, 0.05) is 24.9 Å². The van der Waals surface area contributed by atoms with Gasteiger partial charge in [-0.05, 0) is 31.4 Å². The maximum Gasteiger partial charge on any atom is 0.326 e. The molecule has 0 aliphatic carbocycles. The number of carboxylic acids is 1. The van der Waals surface area contributed by atoms with Crippen LogP contribution >= 0.6 is 0 Å². The summed E-state index contributed by atoms with van der Waals surface area (Å²) in [5.41, 5.74) is 0.476. The van der Waals surface area contributed by atoms with Gasteiger partial charge in [0.05, 0.1) is 10.6 Å². The number of carboxylic acid groups (broad SMARTS) is 1. The summed E-state index contributed by atoms with van der Waals surface area (Å²) in [5.74, 6) is -1.47. The molecule has 0 bridgehead atoms. The number of benzene rings is 1. The van der Waals surface area contributed by atoms with E-state index in [1.54, 1.807) is 6.07 Å². The highest BCUT2D eigenvalue weighted by molar-refractivity contribution is 5.95. The van der Waals surface area contributed by atoms with Gasteiger partial charge in [-0.2, -0.15) is 5.10 Å². The highest BCUT2D eigenvalue weighted by Gasteiger charge is 2.33. The van der Waals surface area contributed by atoms with Gasteiger partial charge in [-0.1, -0.05) is 6.07 Å². The topological polar surface area (TPSA) is 119 Å². The summed E-state index contributed by atoms with van der Waals surface area (Å²) in [6.45, 7) is 0.374. The van der Waals surface area contributed by atoms with Gasteiger partial charge in [0.2, 0.25) is 0 Å². The summed E-state index contributed by atoms with van der Waals surface area (Å²) in [7, 11) is 0. The Hall–Kier alpha value is -3.23. The lowest BCUT2D eigenvalue weighted by atomic mass is 10.0. The number of piperidine rings is 1. The summed E-state index contributed by atoms with van der Waals surface area (Å²) in [6.07, 6.45) is 3.46. The summed E-state index contributed by atoms with van der Waals surface area (Å²) in [4.78, 5) is 35.6. The zero-order valence-corrected chi connectivity index (χ0v) is 13.2. The zero-order valence-electron chi connectivity index (χ0n) is 13.2. The minimum absolute atomic E-state index is 0.0807. The van der Waals surface area contributed by atoms with Crippen molar-refractivity contribution in [1.82, 2.24) is 14.7 Å². The third kappa shape index (κ3) is 3.35. The van der Waals surface area contributed by atoms with Crippen LogP contribution in [0.4, 0.5) is 5.69 Å². The van der Waals surface area contributed by atoms with E-state index in [1.165, 1.54) is 40.0 Å². The predicted molar refractivity (Wildman–Crippen MR) is 86.5 cm³/mol. The number of likely N-dealkylation sites (tertiary alicyclic amines) is 1. The molecule has 9 heteroatoms. The first-order valence-corrected chi connectivity index (χ1v) is 7.81. The smallest absolute Gasteiger partial charge is 0.326 e. The molecule has 1 aromatic heterocycles. The van der Waals surface area contributed by atoms with Gasteiger partial charge in [0.1, 0.15) is 6.04 Å². The number of nitro benzene ring substituents is 1. The van der Waals surface area contributed by atoms with Gasteiger partial charge >= 0.3 is 5.97 Å². The van der Waals surface area contributed by atoms with Crippen molar-refractivity contribution in [3.05, 3.63) is 52.3 Å². The molecular weight excluding hydrogens is 328 g/mol. The number of carbonyl (C=O) groups is 2. The molecule has 9 nitrogen and oxygen atoms in total. The fourth-order valence-corrected chi connectivity index (χ4v) is 2.91. The van der Waals surface area contributed by atoms with Gasteiger partial charge in [0.15, 0.2) is 5.69 Å². The Kier molecular flexibility index (Phi) is 4.46. The van der Waals surface area contributed by atoms with Crippen LogP contribution in [0.5, 0.6) is 0 Å². The van der Waals surface area contributed by atoms with E-state index in [2.05, 4.69) is 5.10 Å². The maximum absolute atomic E-state index is 12.6. The van der Waals surface area contributed by atoms with E-state index in [0.717, 1.165) is 12.8 Å². The van der Waals surface area contributed by atoms with Crippen molar-refractivity contribution in [3.8, 4) is 5.69 Å². The highest BCUT2D eigenvalue weighted by Crippen LogP contribution is 2.21. The second-order valence-electron chi connectivity index (χ2n) is 5.77. The first-order chi connectivity index (χ1) is 12.0. The van der Waals surface area contributed by atoms with E-state index in [0.29, 0.717) is 18.7 Å². The number of carbonyl (C=O) groups excluding carboxylic acids is 1. The molecule has 1 fully saturated rings. The van der Waals surface area contributed by atoms with Gasteiger partial charge in [0.25, 0.3) is 11.6 Å². The van der Waals surface area contributed by atoms with Crippen molar-refractivity contribution < 1.29 is 19.6 Å². The number of hydrogen-bond donors (Lipinski definition) is 1. The summed E-state index contributed by atoms with van der Waals surface area (Å²) in [5, 5.41) is 24.3. The van der Waals surface area contributed by atoms with Gasteiger partial charge < -0.3 is 10.0 Å². The van der Waals surface area contributed by atoms with Crippen LogP contribution in [0.2, 0.25) is 0 Å². The van der Waals surface area contributed by atoms with Gasteiger partial charge in [-0.3, -0.25) is 14.9 Å². The molecule has 1 N–H and O–H groups in total. The summed E-state index contributed by atoms with van der Waals surface area (Å²) >= 11 is 0. The minimum atomic E-state index is -1.02. The summed E-state index contributed by atoms with van der Waals surface area (Å²) in [6, 6.07) is 6.52. The number of aliphatic carboxylic acids is 1. The molecule has 0 saturated carbocycles. The molecule has 1 saturated heterocycles. The van der Waals surface area contributed by atoms with Crippen molar-refractivity contribution in [3.63, 3.8) is 0 Å². The molecule has 1 amide bonds. The van der Waals surface area contributed by atoms with Crippen LogP contribution in [0.3, 0.4) is 0 Å². The predicted octanol–water partition coefficient (Wildman–Crippen LogP) is 1.86. The van der Waals surface area contributed by atoms with Gasteiger partial charge in [-0.15, -0.1) is 0 Å². The van der Waals surface area contributed by atoms with E-state index in [-0.39, 0.29) is 11.4 Å². The number of nitro groups is 1. The van der Waals surface area contributed by atoms with E-state index in [4.69, 9.17) is 0 Å². The number of nitrogens with zero attached hydrogens (tertiary/aromatic N) is 4. The Morgan fingerprint density at radius 1 is 1.28 bits per heavy atom. The van der Waals surface area contributed by atoms with Crippen LogP contribution in [0.15, 0.2) is 36.5 Å². The lowest BCUT2D eigenvalue weighted by molar-refractivity contribution is -0.384. The Labute approximate surface area is 142 Å². The molecular formula is C16H16N4O5. The van der Waals surface area contributed by atoms with Crippen LogP contribution in [0, 0.1) is 10.1 Å². The Balaban J connectivity index is 1.85. The number of non-ortho nitro benzene ring substituents is 1. The molecule has 0 spiro atoms. The second-order valence-corrected chi connectivity index (χ2v) is 5.77. The van der Waals surface area contributed by atoms with Crippen molar-refractivity contribution in [2.75, 3.05) is 6.54 Å². The lowest BCUT2D eigenvalue weighted by Gasteiger charge is -2.32. The Bertz CT molecular complexity index is 831. The average molecular weight is 344 g/mol. The van der Waals surface area contributed by atoms with Crippen LogP contribution in [0.1, 0.15) is 29.8 Å². The molecule has 25 heavy (non-hydrogen) atoms. The first kappa shape index (κ1) is 16.6.